The molecule has 0 radical (unpaired) electrons. The van der Waals surface area contributed by atoms with Gasteiger partial charge in [0.15, 0.2) is 5.65 Å². The molecular weight excluding hydrogens is 387 g/mol. The van der Waals surface area contributed by atoms with Crippen LogP contribution in [0.25, 0.3) is 5.65 Å². The van der Waals surface area contributed by atoms with E-state index in [0.29, 0.717) is 42.8 Å². The van der Waals surface area contributed by atoms with Crippen molar-refractivity contribution >= 4 is 17.4 Å². The number of aromatic nitrogens is 5. The van der Waals surface area contributed by atoms with Crippen LogP contribution in [-0.4, -0.2) is 43.8 Å². The number of alkyl halides is 3. The van der Waals surface area contributed by atoms with Gasteiger partial charge in [0.25, 0.3) is 5.82 Å². The standard InChI is InChI=1S/C18H18F3N7O/c19-18(20,21)17-25-24-14-3-4-15(26-28(14)17)27-8-5-13(6-9-27)16(29)23-11-12-2-1-7-22-10-12/h1-4,7,10,13H,5-6,8-9,11H2,(H,23,29). The van der Waals surface area contributed by atoms with E-state index in [1.807, 2.05) is 17.0 Å². The molecule has 1 N–H and O–H groups in total. The Morgan fingerprint density at radius 2 is 1.97 bits per heavy atom. The maximum Gasteiger partial charge on any atom is 0.453 e. The first-order valence-electron chi connectivity index (χ1n) is 9.13. The molecule has 1 aliphatic rings. The summed E-state index contributed by atoms with van der Waals surface area (Å²) in [6.45, 7) is 1.46. The second-order valence-corrected chi connectivity index (χ2v) is 6.82. The smallest absolute Gasteiger partial charge is 0.355 e. The molecule has 4 heterocycles. The fourth-order valence-corrected chi connectivity index (χ4v) is 3.33. The van der Waals surface area contributed by atoms with E-state index >= 15 is 0 Å². The summed E-state index contributed by atoms with van der Waals surface area (Å²) in [5, 5.41) is 13.7. The van der Waals surface area contributed by atoms with Gasteiger partial charge in [0.2, 0.25) is 5.91 Å². The molecule has 29 heavy (non-hydrogen) atoms. The van der Waals surface area contributed by atoms with Crippen molar-refractivity contribution in [3.63, 3.8) is 0 Å². The summed E-state index contributed by atoms with van der Waals surface area (Å²) in [6.07, 6.45) is -0.0843. The number of carbonyl (C=O) groups is 1. The van der Waals surface area contributed by atoms with Gasteiger partial charge in [0.05, 0.1) is 0 Å². The lowest BCUT2D eigenvalue weighted by molar-refractivity contribution is -0.146. The monoisotopic (exact) mass is 405 g/mol. The van der Waals surface area contributed by atoms with E-state index < -0.39 is 12.0 Å². The van der Waals surface area contributed by atoms with Crippen LogP contribution in [0.4, 0.5) is 19.0 Å². The summed E-state index contributed by atoms with van der Waals surface area (Å²) in [5.74, 6) is -0.932. The van der Waals surface area contributed by atoms with Crippen LogP contribution in [0, 0.1) is 5.92 Å². The number of piperidine rings is 1. The molecular formula is C18H18F3N7O. The number of halogens is 3. The van der Waals surface area contributed by atoms with E-state index in [0.717, 1.165) is 5.56 Å². The highest BCUT2D eigenvalue weighted by Gasteiger charge is 2.38. The molecule has 1 amide bonds. The number of hydrogen-bond acceptors (Lipinski definition) is 6. The largest absolute Gasteiger partial charge is 0.453 e. The number of pyridine rings is 1. The van der Waals surface area contributed by atoms with Crippen molar-refractivity contribution in [2.45, 2.75) is 25.6 Å². The molecule has 3 aromatic heterocycles. The molecule has 0 bridgehead atoms. The Morgan fingerprint density at radius 1 is 1.17 bits per heavy atom. The summed E-state index contributed by atoms with van der Waals surface area (Å²) in [6, 6.07) is 6.77. The summed E-state index contributed by atoms with van der Waals surface area (Å²) in [7, 11) is 0. The van der Waals surface area contributed by atoms with Gasteiger partial charge in [-0.05, 0) is 36.6 Å². The van der Waals surface area contributed by atoms with Crippen molar-refractivity contribution in [3.8, 4) is 0 Å². The first kappa shape index (κ1) is 19.1. The zero-order chi connectivity index (χ0) is 20.4. The Balaban J connectivity index is 1.38. The second-order valence-electron chi connectivity index (χ2n) is 6.82. The Bertz CT molecular complexity index is 998. The number of fused-ring (bicyclic) bond motifs is 1. The van der Waals surface area contributed by atoms with E-state index in [9.17, 15) is 18.0 Å². The van der Waals surface area contributed by atoms with Gasteiger partial charge in [-0.3, -0.25) is 9.78 Å². The van der Waals surface area contributed by atoms with Crippen LogP contribution in [-0.2, 0) is 17.5 Å². The third-order valence-corrected chi connectivity index (χ3v) is 4.88. The molecule has 4 rings (SSSR count). The second kappa shape index (κ2) is 7.64. The molecule has 0 saturated carbocycles. The molecule has 1 saturated heterocycles. The maximum atomic E-state index is 13.0. The van der Waals surface area contributed by atoms with Crippen molar-refractivity contribution in [3.05, 3.63) is 48.0 Å². The quantitative estimate of drug-likeness (QED) is 0.715. The number of rotatable bonds is 4. The number of anilines is 1. The number of nitrogens with one attached hydrogen (secondary N) is 1. The van der Waals surface area contributed by atoms with Crippen LogP contribution < -0.4 is 10.2 Å². The van der Waals surface area contributed by atoms with Crippen LogP contribution in [0.5, 0.6) is 0 Å². The SMILES string of the molecule is O=C(NCc1cccnc1)C1CCN(c2ccc3nnc(C(F)(F)F)n3n2)CC1. The van der Waals surface area contributed by atoms with Gasteiger partial charge in [0.1, 0.15) is 5.82 Å². The van der Waals surface area contributed by atoms with Gasteiger partial charge < -0.3 is 10.2 Å². The third kappa shape index (κ3) is 4.13. The highest BCUT2D eigenvalue weighted by atomic mass is 19.4. The van der Waals surface area contributed by atoms with Gasteiger partial charge in [0, 0.05) is 37.9 Å². The van der Waals surface area contributed by atoms with Crippen LogP contribution in [0.2, 0.25) is 0 Å². The predicted molar refractivity (Wildman–Crippen MR) is 96.8 cm³/mol. The fourth-order valence-electron chi connectivity index (χ4n) is 3.33. The summed E-state index contributed by atoms with van der Waals surface area (Å²) >= 11 is 0. The lowest BCUT2D eigenvalue weighted by Crippen LogP contribution is -2.40. The first-order chi connectivity index (χ1) is 13.9. The number of carbonyl (C=O) groups excluding carboxylic acids is 1. The summed E-state index contributed by atoms with van der Waals surface area (Å²) in [5.41, 5.74) is 0.955. The minimum Gasteiger partial charge on any atom is -0.355 e. The van der Waals surface area contributed by atoms with Crippen molar-refractivity contribution in [2.75, 3.05) is 18.0 Å². The highest BCUT2D eigenvalue weighted by molar-refractivity contribution is 5.79. The van der Waals surface area contributed by atoms with Crippen LogP contribution in [0.3, 0.4) is 0 Å². The van der Waals surface area contributed by atoms with Gasteiger partial charge in [-0.2, -0.15) is 17.7 Å². The lowest BCUT2D eigenvalue weighted by atomic mass is 9.96. The van der Waals surface area contributed by atoms with Gasteiger partial charge in [-0.25, -0.2) is 0 Å². The maximum absolute atomic E-state index is 13.0. The topological polar surface area (TPSA) is 88.3 Å². The zero-order valence-electron chi connectivity index (χ0n) is 15.3. The minimum atomic E-state index is -4.63. The Hall–Kier alpha value is -3.24. The van der Waals surface area contributed by atoms with E-state index in [1.54, 1.807) is 18.5 Å². The average molecular weight is 405 g/mol. The van der Waals surface area contributed by atoms with Crippen LogP contribution >= 0.6 is 0 Å². The Kier molecular flexibility index (Phi) is 5.03. The van der Waals surface area contributed by atoms with Gasteiger partial charge >= 0.3 is 6.18 Å². The predicted octanol–water partition coefficient (Wildman–Crippen LogP) is 2.07. The van der Waals surface area contributed by atoms with Gasteiger partial charge in [-0.1, -0.05) is 6.07 Å². The van der Waals surface area contributed by atoms with Crippen LogP contribution in [0.1, 0.15) is 24.2 Å². The molecule has 8 nitrogen and oxygen atoms in total. The number of amides is 1. The molecule has 11 heteroatoms. The van der Waals surface area contributed by atoms with Crippen molar-refractivity contribution in [1.29, 1.82) is 0 Å². The highest BCUT2D eigenvalue weighted by Crippen LogP contribution is 2.28. The molecule has 0 unspecified atom stereocenters. The summed E-state index contributed by atoms with van der Waals surface area (Å²) < 4.78 is 39.8. The van der Waals surface area contributed by atoms with Gasteiger partial charge in [-0.15, -0.1) is 15.3 Å². The van der Waals surface area contributed by atoms with Crippen LogP contribution in [0.15, 0.2) is 36.7 Å². The fraction of sp³-hybridized carbons (Fsp3) is 0.389. The van der Waals surface area contributed by atoms with E-state index in [-0.39, 0.29) is 17.5 Å². The zero-order valence-corrected chi connectivity index (χ0v) is 15.3. The third-order valence-electron chi connectivity index (χ3n) is 4.88. The molecule has 0 aliphatic carbocycles. The Labute approximate surface area is 163 Å². The average Bonchev–Trinajstić information content (AvgIpc) is 3.17. The van der Waals surface area contributed by atoms with E-state index in [1.165, 1.54) is 6.07 Å². The lowest BCUT2D eigenvalue weighted by Gasteiger charge is -2.32. The molecule has 1 fully saturated rings. The van der Waals surface area contributed by atoms with Crippen molar-refractivity contribution in [2.24, 2.45) is 5.92 Å². The molecule has 3 aromatic rings. The normalized spacial score (nSPS) is 15.6. The summed E-state index contributed by atoms with van der Waals surface area (Å²) in [4.78, 5) is 18.3. The molecule has 0 spiro atoms. The first-order valence-corrected chi connectivity index (χ1v) is 9.13. The number of hydrogen-bond donors (Lipinski definition) is 1. The molecule has 0 atom stereocenters. The molecule has 0 aromatic carbocycles. The number of nitrogens with zero attached hydrogens (tertiary/aromatic N) is 6. The minimum absolute atomic E-state index is 0.0323. The van der Waals surface area contributed by atoms with E-state index in [2.05, 4.69) is 25.6 Å². The Morgan fingerprint density at radius 3 is 2.66 bits per heavy atom. The van der Waals surface area contributed by atoms with Crippen molar-refractivity contribution in [1.82, 2.24) is 30.1 Å². The van der Waals surface area contributed by atoms with E-state index in [4.69, 9.17) is 0 Å². The molecule has 152 valence electrons. The van der Waals surface area contributed by atoms with Crippen molar-refractivity contribution < 1.29 is 18.0 Å². The molecule has 1 aliphatic heterocycles.